The van der Waals surface area contributed by atoms with Gasteiger partial charge in [-0.15, -0.1) is 0 Å². The van der Waals surface area contributed by atoms with Crippen LogP contribution in [0.3, 0.4) is 0 Å². The molecule has 0 aromatic heterocycles. The molecule has 3 heteroatoms. The summed E-state index contributed by atoms with van der Waals surface area (Å²) in [5.74, 6) is 0.457. The fourth-order valence-electron chi connectivity index (χ4n) is 4.04. The molecule has 2 fully saturated rings. The number of para-hydroxylation sites is 1. The van der Waals surface area contributed by atoms with Crippen LogP contribution in [0.5, 0.6) is 0 Å². The Labute approximate surface area is 108 Å². The minimum Gasteiger partial charge on any atom is -0.387 e. The monoisotopic (exact) mass is 244 g/mol. The Morgan fingerprint density at radius 3 is 3.06 bits per heavy atom. The van der Waals surface area contributed by atoms with Crippen LogP contribution in [-0.4, -0.2) is 41.3 Å². The molecular weight excluding hydrogens is 224 g/mol. The summed E-state index contributed by atoms with van der Waals surface area (Å²) in [6.07, 6.45) is 3.05. The van der Waals surface area contributed by atoms with E-state index in [1.165, 1.54) is 17.8 Å². The van der Waals surface area contributed by atoms with E-state index in [0.29, 0.717) is 5.92 Å². The molecule has 96 valence electrons. The first-order valence-electron chi connectivity index (χ1n) is 7.05. The molecule has 2 bridgehead atoms. The number of hydrogen-bond donors (Lipinski definition) is 2. The van der Waals surface area contributed by atoms with Gasteiger partial charge in [0.25, 0.3) is 0 Å². The lowest BCUT2D eigenvalue weighted by Gasteiger charge is -2.43. The zero-order valence-electron chi connectivity index (χ0n) is 10.6. The van der Waals surface area contributed by atoms with Gasteiger partial charge in [-0.25, -0.2) is 0 Å². The van der Waals surface area contributed by atoms with Crippen molar-refractivity contribution < 1.29 is 5.11 Å². The van der Waals surface area contributed by atoms with Crippen molar-refractivity contribution in [1.82, 2.24) is 4.90 Å². The summed E-state index contributed by atoms with van der Waals surface area (Å²) >= 11 is 0. The van der Waals surface area contributed by atoms with Crippen LogP contribution in [0.2, 0.25) is 0 Å². The Morgan fingerprint density at radius 1 is 1.28 bits per heavy atom. The largest absolute Gasteiger partial charge is 0.387 e. The summed E-state index contributed by atoms with van der Waals surface area (Å²) in [4.78, 5) is 2.49. The molecule has 18 heavy (non-hydrogen) atoms. The standard InChI is InChI=1S/C15H20N2O/c18-15(6-8-17-7-5-12(15)10-17)14-9-11-3-1-2-4-13(11)16-14/h1-4,12,14,16,18H,5-10H2. The number of nitrogens with zero attached hydrogens (tertiary/aromatic N) is 1. The molecule has 4 rings (SSSR count). The van der Waals surface area contributed by atoms with E-state index in [2.05, 4.69) is 34.5 Å². The molecule has 4 unspecified atom stereocenters. The molecule has 3 aliphatic rings. The van der Waals surface area contributed by atoms with Crippen LogP contribution in [0.15, 0.2) is 24.3 Å². The summed E-state index contributed by atoms with van der Waals surface area (Å²) in [7, 11) is 0. The van der Waals surface area contributed by atoms with E-state index in [1.54, 1.807) is 0 Å². The lowest BCUT2D eigenvalue weighted by Crippen LogP contribution is -2.56. The van der Waals surface area contributed by atoms with Crippen LogP contribution in [0.25, 0.3) is 0 Å². The van der Waals surface area contributed by atoms with Gasteiger partial charge in [0.1, 0.15) is 0 Å². The van der Waals surface area contributed by atoms with Gasteiger partial charge in [0.2, 0.25) is 0 Å². The van der Waals surface area contributed by atoms with E-state index in [9.17, 15) is 5.11 Å². The van der Waals surface area contributed by atoms with Gasteiger partial charge >= 0.3 is 0 Å². The fraction of sp³-hybridized carbons (Fsp3) is 0.600. The highest BCUT2D eigenvalue weighted by Gasteiger charge is 2.50. The second-order valence-electron chi connectivity index (χ2n) is 6.09. The van der Waals surface area contributed by atoms with Crippen molar-refractivity contribution in [2.45, 2.75) is 30.9 Å². The van der Waals surface area contributed by atoms with Gasteiger partial charge in [0.15, 0.2) is 0 Å². The average Bonchev–Trinajstić information content (AvgIpc) is 3.00. The number of rotatable bonds is 1. The molecule has 4 atom stereocenters. The third-order valence-electron chi connectivity index (χ3n) is 5.18. The predicted octanol–water partition coefficient (Wildman–Crippen LogP) is 1.48. The molecule has 0 radical (unpaired) electrons. The SMILES string of the molecule is OC1(C2Cc3ccccc3N2)CCN2CCC1C2. The first-order chi connectivity index (χ1) is 8.75. The summed E-state index contributed by atoms with van der Waals surface area (Å²) in [6, 6.07) is 8.67. The molecule has 0 spiro atoms. The van der Waals surface area contributed by atoms with E-state index in [1.807, 2.05) is 0 Å². The van der Waals surface area contributed by atoms with Gasteiger partial charge in [0, 0.05) is 24.7 Å². The summed E-state index contributed by atoms with van der Waals surface area (Å²) < 4.78 is 0. The van der Waals surface area contributed by atoms with Crippen molar-refractivity contribution >= 4 is 5.69 Å². The summed E-state index contributed by atoms with van der Waals surface area (Å²) in [6.45, 7) is 3.32. The Balaban J connectivity index is 1.61. The van der Waals surface area contributed by atoms with Crippen LogP contribution >= 0.6 is 0 Å². The second kappa shape index (κ2) is 3.72. The highest BCUT2D eigenvalue weighted by Crippen LogP contribution is 2.42. The number of aliphatic hydroxyl groups is 1. The summed E-state index contributed by atoms with van der Waals surface area (Å²) in [5.41, 5.74) is 2.07. The molecule has 2 N–H and O–H groups in total. The minimum atomic E-state index is -0.508. The molecule has 0 saturated carbocycles. The number of piperidine rings is 1. The zero-order chi connectivity index (χ0) is 12.2. The third kappa shape index (κ3) is 1.44. The van der Waals surface area contributed by atoms with Crippen LogP contribution < -0.4 is 5.32 Å². The maximum absolute atomic E-state index is 11.1. The Morgan fingerprint density at radius 2 is 2.17 bits per heavy atom. The minimum absolute atomic E-state index is 0.208. The average molecular weight is 244 g/mol. The van der Waals surface area contributed by atoms with E-state index in [4.69, 9.17) is 0 Å². The molecule has 1 aromatic carbocycles. The number of anilines is 1. The first-order valence-corrected chi connectivity index (χ1v) is 7.05. The van der Waals surface area contributed by atoms with E-state index >= 15 is 0 Å². The second-order valence-corrected chi connectivity index (χ2v) is 6.09. The Kier molecular flexibility index (Phi) is 2.24. The van der Waals surface area contributed by atoms with Gasteiger partial charge < -0.3 is 15.3 Å². The number of fused-ring (bicyclic) bond motifs is 3. The lowest BCUT2D eigenvalue weighted by atomic mass is 9.76. The van der Waals surface area contributed by atoms with Crippen molar-refractivity contribution in [3.8, 4) is 0 Å². The van der Waals surface area contributed by atoms with Crippen molar-refractivity contribution in [2.75, 3.05) is 25.0 Å². The Bertz CT molecular complexity index is 450. The lowest BCUT2D eigenvalue weighted by molar-refractivity contribution is -0.0576. The van der Waals surface area contributed by atoms with Crippen LogP contribution in [0.4, 0.5) is 5.69 Å². The van der Waals surface area contributed by atoms with E-state index in [0.717, 1.165) is 32.4 Å². The number of benzene rings is 1. The third-order valence-corrected chi connectivity index (χ3v) is 5.18. The first kappa shape index (κ1) is 10.8. The highest BCUT2D eigenvalue weighted by atomic mass is 16.3. The van der Waals surface area contributed by atoms with Crippen molar-refractivity contribution in [3.05, 3.63) is 29.8 Å². The van der Waals surface area contributed by atoms with E-state index in [-0.39, 0.29) is 6.04 Å². The quantitative estimate of drug-likeness (QED) is 0.785. The predicted molar refractivity (Wildman–Crippen MR) is 71.7 cm³/mol. The molecule has 0 aliphatic carbocycles. The molecular formula is C15H20N2O. The maximum atomic E-state index is 11.1. The van der Waals surface area contributed by atoms with Gasteiger partial charge in [0.05, 0.1) is 11.6 Å². The molecule has 1 aromatic rings. The smallest absolute Gasteiger partial charge is 0.0903 e. The van der Waals surface area contributed by atoms with Crippen LogP contribution in [0.1, 0.15) is 18.4 Å². The van der Waals surface area contributed by atoms with Crippen molar-refractivity contribution in [3.63, 3.8) is 0 Å². The van der Waals surface area contributed by atoms with Crippen molar-refractivity contribution in [1.29, 1.82) is 0 Å². The number of nitrogens with one attached hydrogen (secondary N) is 1. The van der Waals surface area contributed by atoms with Gasteiger partial charge in [-0.3, -0.25) is 0 Å². The normalized spacial score (nSPS) is 41.5. The van der Waals surface area contributed by atoms with Gasteiger partial charge in [-0.1, -0.05) is 18.2 Å². The van der Waals surface area contributed by atoms with Crippen LogP contribution in [-0.2, 0) is 6.42 Å². The molecule has 3 heterocycles. The molecule has 2 saturated heterocycles. The van der Waals surface area contributed by atoms with Gasteiger partial charge in [-0.05, 0) is 37.4 Å². The highest BCUT2D eigenvalue weighted by molar-refractivity contribution is 5.57. The van der Waals surface area contributed by atoms with Crippen LogP contribution in [0, 0.1) is 5.92 Å². The van der Waals surface area contributed by atoms with Crippen molar-refractivity contribution in [2.24, 2.45) is 5.92 Å². The van der Waals surface area contributed by atoms with E-state index < -0.39 is 5.60 Å². The summed E-state index contributed by atoms with van der Waals surface area (Å²) in [5, 5.41) is 14.7. The molecule has 0 amide bonds. The fourth-order valence-corrected chi connectivity index (χ4v) is 4.04. The zero-order valence-corrected chi connectivity index (χ0v) is 10.6. The molecule has 3 nitrogen and oxygen atoms in total. The topological polar surface area (TPSA) is 35.5 Å². The Hall–Kier alpha value is -1.06. The maximum Gasteiger partial charge on any atom is 0.0903 e. The van der Waals surface area contributed by atoms with Gasteiger partial charge in [-0.2, -0.15) is 0 Å². The molecule has 3 aliphatic heterocycles. The number of hydrogen-bond acceptors (Lipinski definition) is 3.